The van der Waals surface area contributed by atoms with Crippen molar-refractivity contribution in [1.29, 1.82) is 0 Å². The molecule has 2 aromatic rings. The first-order chi connectivity index (χ1) is 12.7. The van der Waals surface area contributed by atoms with E-state index in [4.69, 9.17) is 4.74 Å². The standard InChI is InChI=1S/C19H26N4O2S/c1-3-14-7-9-15(10-8-14)20-18(24)19-22-21-17(26-19)13-23(4-2)12-16-6-5-11-25-16/h7-10,16H,3-6,11-13H2,1-2H3,(H,20,24). The first kappa shape index (κ1) is 18.9. The molecule has 1 fully saturated rings. The van der Waals surface area contributed by atoms with Crippen molar-refractivity contribution >= 4 is 22.9 Å². The maximum Gasteiger partial charge on any atom is 0.286 e. The molecule has 1 atom stereocenters. The Morgan fingerprint density at radius 2 is 2.12 bits per heavy atom. The van der Waals surface area contributed by atoms with Gasteiger partial charge in [0, 0.05) is 18.8 Å². The largest absolute Gasteiger partial charge is 0.377 e. The number of amides is 1. The van der Waals surface area contributed by atoms with Crippen LogP contribution in [0.5, 0.6) is 0 Å². The maximum atomic E-state index is 12.4. The van der Waals surface area contributed by atoms with Gasteiger partial charge in [-0.3, -0.25) is 9.69 Å². The van der Waals surface area contributed by atoms with Crippen LogP contribution in [-0.2, 0) is 17.7 Å². The van der Waals surface area contributed by atoms with Crippen LogP contribution in [0.2, 0.25) is 0 Å². The van der Waals surface area contributed by atoms with Crippen molar-refractivity contribution in [3.8, 4) is 0 Å². The van der Waals surface area contributed by atoms with Gasteiger partial charge in [-0.05, 0) is 43.5 Å². The number of benzene rings is 1. The van der Waals surface area contributed by atoms with Gasteiger partial charge in [-0.25, -0.2) is 0 Å². The Hall–Kier alpha value is -1.83. The van der Waals surface area contributed by atoms with Crippen LogP contribution in [0.4, 0.5) is 5.69 Å². The SMILES string of the molecule is CCc1ccc(NC(=O)c2nnc(CN(CC)CC3CCCO3)s2)cc1. The number of anilines is 1. The Balaban J connectivity index is 1.56. The molecule has 0 aliphatic carbocycles. The number of nitrogens with zero attached hydrogens (tertiary/aromatic N) is 3. The summed E-state index contributed by atoms with van der Waals surface area (Å²) in [5, 5.41) is 12.4. The lowest BCUT2D eigenvalue weighted by Gasteiger charge is -2.22. The fourth-order valence-corrected chi connectivity index (χ4v) is 3.77. The van der Waals surface area contributed by atoms with Crippen LogP contribution in [0.15, 0.2) is 24.3 Å². The predicted molar refractivity (Wildman–Crippen MR) is 104 cm³/mol. The minimum Gasteiger partial charge on any atom is -0.377 e. The van der Waals surface area contributed by atoms with E-state index >= 15 is 0 Å². The highest BCUT2D eigenvalue weighted by Crippen LogP contribution is 2.18. The van der Waals surface area contributed by atoms with E-state index in [2.05, 4.69) is 34.3 Å². The summed E-state index contributed by atoms with van der Waals surface area (Å²) in [6.07, 6.45) is 3.56. The molecule has 1 aromatic carbocycles. The molecule has 0 radical (unpaired) electrons. The lowest BCUT2D eigenvalue weighted by Crippen LogP contribution is -2.31. The van der Waals surface area contributed by atoms with Gasteiger partial charge in [0.1, 0.15) is 5.01 Å². The second-order valence-electron chi connectivity index (χ2n) is 6.47. The molecule has 6 nitrogen and oxygen atoms in total. The zero-order valence-electron chi connectivity index (χ0n) is 15.4. The van der Waals surface area contributed by atoms with E-state index in [0.29, 0.717) is 17.7 Å². The Morgan fingerprint density at radius 1 is 1.31 bits per heavy atom. The van der Waals surface area contributed by atoms with Gasteiger partial charge in [0.2, 0.25) is 5.01 Å². The normalized spacial score (nSPS) is 17.0. The van der Waals surface area contributed by atoms with Gasteiger partial charge in [0.25, 0.3) is 5.91 Å². The average Bonchev–Trinajstić information content (AvgIpc) is 3.34. The summed E-state index contributed by atoms with van der Waals surface area (Å²) in [7, 11) is 0. The fraction of sp³-hybridized carbons (Fsp3) is 0.526. The average molecular weight is 375 g/mol. The van der Waals surface area contributed by atoms with Crippen LogP contribution in [-0.4, -0.2) is 46.8 Å². The number of nitrogens with one attached hydrogen (secondary N) is 1. The summed E-state index contributed by atoms with van der Waals surface area (Å²) in [5.41, 5.74) is 2.02. The van der Waals surface area contributed by atoms with E-state index in [1.807, 2.05) is 24.3 Å². The summed E-state index contributed by atoms with van der Waals surface area (Å²) in [6.45, 7) is 7.63. The molecule has 2 heterocycles. The second kappa shape index (κ2) is 9.21. The van der Waals surface area contributed by atoms with Gasteiger partial charge in [-0.15, -0.1) is 10.2 Å². The molecule has 7 heteroatoms. The van der Waals surface area contributed by atoms with Crippen molar-refractivity contribution in [2.75, 3.05) is 25.0 Å². The van der Waals surface area contributed by atoms with Crippen molar-refractivity contribution in [3.63, 3.8) is 0 Å². The minimum atomic E-state index is -0.208. The lowest BCUT2D eigenvalue weighted by molar-refractivity contribution is 0.0724. The van der Waals surface area contributed by atoms with E-state index in [1.165, 1.54) is 16.9 Å². The van der Waals surface area contributed by atoms with Crippen molar-refractivity contribution in [3.05, 3.63) is 39.8 Å². The molecule has 140 valence electrons. The van der Waals surface area contributed by atoms with E-state index < -0.39 is 0 Å². The molecule has 1 amide bonds. The topological polar surface area (TPSA) is 67.4 Å². The van der Waals surface area contributed by atoms with Crippen molar-refractivity contribution in [1.82, 2.24) is 15.1 Å². The maximum absolute atomic E-state index is 12.4. The minimum absolute atomic E-state index is 0.208. The molecule has 0 saturated carbocycles. The summed E-state index contributed by atoms with van der Waals surface area (Å²) >= 11 is 1.35. The molecular weight excluding hydrogens is 348 g/mol. The number of aromatic nitrogens is 2. The first-order valence-electron chi connectivity index (χ1n) is 9.24. The lowest BCUT2D eigenvalue weighted by atomic mass is 10.1. The highest BCUT2D eigenvalue weighted by molar-refractivity contribution is 7.13. The molecule has 26 heavy (non-hydrogen) atoms. The second-order valence-corrected chi connectivity index (χ2v) is 7.53. The smallest absolute Gasteiger partial charge is 0.286 e. The monoisotopic (exact) mass is 374 g/mol. The van der Waals surface area contributed by atoms with Crippen LogP contribution in [0.3, 0.4) is 0 Å². The highest BCUT2D eigenvalue weighted by atomic mass is 32.1. The van der Waals surface area contributed by atoms with Crippen LogP contribution in [0, 0.1) is 0 Å². The van der Waals surface area contributed by atoms with E-state index in [1.54, 1.807) is 0 Å². The number of rotatable bonds is 8. The Bertz CT molecular complexity index is 711. The third kappa shape index (κ3) is 5.09. The molecule has 1 saturated heterocycles. The zero-order chi connectivity index (χ0) is 18.4. The highest BCUT2D eigenvalue weighted by Gasteiger charge is 2.20. The van der Waals surface area contributed by atoms with Crippen molar-refractivity contribution in [2.24, 2.45) is 0 Å². The fourth-order valence-electron chi connectivity index (χ4n) is 2.99. The molecule has 1 unspecified atom stereocenters. The van der Waals surface area contributed by atoms with Gasteiger partial charge in [0.05, 0.1) is 12.6 Å². The van der Waals surface area contributed by atoms with Crippen LogP contribution >= 0.6 is 11.3 Å². The Kier molecular flexibility index (Phi) is 6.71. The number of hydrogen-bond donors (Lipinski definition) is 1. The molecular formula is C19H26N4O2S. The van der Waals surface area contributed by atoms with Crippen molar-refractivity contribution < 1.29 is 9.53 Å². The van der Waals surface area contributed by atoms with Gasteiger partial charge in [0.15, 0.2) is 0 Å². The molecule has 1 aliphatic rings. The quantitative estimate of drug-likeness (QED) is 0.767. The number of hydrogen-bond acceptors (Lipinski definition) is 6. The van der Waals surface area contributed by atoms with Gasteiger partial charge in [-0.2, -0.15) is 0 Å². The van der Waals surface area contributed by atoms with Crippen molar-refractivity contribution in [2.45, 2.75) is 45.8 Å². The number of likely N-dealkylation sites (N-methyl/N-ethyl adjacent to an activating group) is 1. The van der Waals surface area contributed by atoms with Crippen LogP contribution in [0.25, 0.3) is 0 Å². The van der Waals surface area contributed by atoms with Crippen LogP contribution in [0.1, 0.15) is 47.1 Å². The van der Waals surface area contributed by atoms with E-state index in [0.717, 1.165) is 49.7 Å². The molecule has 1 aliphatic heterocycles. The molecule has 3 rings (SSSR count). The molecule has 0 spiro atoms. The van der Waals surface area contributed by atoms with Crippen LogP contribution < -0.4 is 5.32 Å². The number of carbonyl (C=O) groups is 1. The third-order valence-corrected chi connectivity index (χ3v) is 5.48. The zero-order valence-corrected chi connectivity index (χ0v) is 16.2. The summed E-state index contributed by atoms with van der Waals surface area (Å²) < 4.78 is 5.71. The molecule has 0 bridgehead atoms. The number of ether oxygens (including phenoxy) is 1. The van der Waals surface area contributed by atoms with Gasteiger partial charge < -0.3 is 10.1 Å². The Labute approximate surface area is 158 Å². The van der Waals surface area contributed by atoms with Gasteiger partial charge >= 0.3 is 0 Å². The number of carbonyl (C=O) groups excluding carboxylic acids is 1. The van der Waals surface area contributed by atoms with Gasteiger partial charge in [-0.1, -0.05) is 37.3 Å². The molecule has 1 N–H and O–H groups in total. The summed E-state index contributed by atoms with van der Waals surface area (Å²) in [5.74, 6) is -0.208. The third-order valence-electron chi connectivity index (χ3n) is 4.57. The van der Waals surface area contributed by atoms with E-state index in [-0.39, 0.29) is 5.91 Å². The number of aryl methyl sites for hydroxylation is 1. The predicted octanol–water partition coefficient (Wildman–Crippen LogP) is 3.35. The summed E-state index contributed by atoms with van der Waals surface area (Å²) in [4.78, 5) is 14.7. The first-order valence-corrected chi connectivity index (χ1v) is 10.1. The Morgan fingerprint density at radius 3 is 2.77 bits per heavy atom. The summed E-state index contributed by atoms with van der Waals surface area (Å²) in [6, 6.07) is 7.87. The van der Waals surface area contributed by atoms with E-state index in [9.17, 15) is 4.79 Å². The molecule has 1 aromatic heterocycles.